The Morgan fingerprint density at radius 1 is 1.42 bits per heavy atom. The van der Waals surface area contributed by atoms with Crippen molar-refractivity contribution >= 4 is 39.5 Å². The van der Waals surface area contributed by atoms with E-state index in [0.717, 1.165) is 16.9 Å². The second-order valence-corrected chi connectivity index (χ2v) is 6.16. The normalized spacial score (nSPS) is 10.4. The molecule has 0 bridgehead atoms. The van der Waals surface area contributed by atoms with Crippen molar-refractivity contribution in [1.82, 2.24) is 0 Å². The summed E-state index contributed by atoms with van der Waals surface area (Å²) in [4.78, 5) is 25.2. The fourth-order valence-electron chi connectivity index (χ4n) is 1.93. The molecule has 0 saturated heterocycles. The summed E-state index contributed by atoms with van der Waals surface area (Å²) in [6.07, 6.45) is 0.718. The Balaban J connectivity index is 2.35. The molecule has 0 aliphatic heterocycles. The van der Waals surface area contributed by atoms with E-state index in [1.165, 1.54) is 22.7 Å². The number of thiophene rings is 2. The highest BCUT2D eigenvalue weighted by Crippen LogP contribution is 2.33. The SMILES string of the molecule is CCc1c(C)sc(NC(=O)c2cccs2)c1C(N)=O. The number of amides is 2. The van der Waals surface area contributed by atoms with Crippen LogP contribution in [0.5, 0.6) is 0 Å². The van der Waals surface area contributed by atoms with Crippen molar-refractivity contribution in [3.63, 3.8) is 0 Å². The first-order chi connectivity index (χ1) is 9.04. The molecule has 0 radical (unpaired) electrons. The van der Waals surface area contributed by atoms with E-state index in [4.69, 9.17) is 5.73 Å². The summed E-state index contributed by atoms with van der Waals surface area (Å²) >= 11 is 2.75. The maximum absolute atomic E-state index is 12.0. The quantitative estimate of drug-likeness (QED) is 0.909. The van der Waals surface area contributed by atoms with Crippen LogP contribution in [-0.4, -0.2) is 11.8 Å². The highest BCUT2D eigenvalue weighted by atomic mass is 32.1. The third-order valence-electron chi connectivity index (χ3n) is 2.78. The Kier molecular flexibility index (Phi) is 4.01. The lowest BCUT2D eigenvalue weighted by molar-refractivity contribution is 0.100. The van der Waals surface area contributed by atoms with E-state index in [9.17, 15) is 9.59 Å². The van der Waals surface area contributed by atoms with Gasteiger partial charge in [-0.15, -0.1) is 22.7 Å². The molecule has 0 saturated carbocycles. The first-order valence-corrected chi connectivity index (χ1v) is 7.51. The molecule has 2 amide bonds. The molecule has 2 aromatic rings. The average Bonchev–Trinajstić information content (AvgIpc) is 2.96. The predicted octanol–water partition coefficient (Wildman–Crippen LogP) is 3.03. The molecule has 2 rings (SSSR count). The number of primary amides is 1. The second kappa shape index (κ2) is 5.54. The van der Waals surface area contributed by atoms with E-state index in [2.05, 4.69) is 5.32 Å². The summed E-state index contributed by atoms with van der Waals surface area (Å²) in [5.41, 5.74) is 6.77. The van der Waals surface area contributed by atoms with Gasteiger partial charge in [-0.2, -0.15) is 0 Å². The number of rotatable bonds is 4. The Morgan fingerprint density at radius 3 is 2.68 bits per heavy atom. The molecule has 0 aliphatic carbocycles. The monoisotopic (exact) mass is 294 g/mol. The smallest absolute Gasteiger partial charge is 0.266 e. The van der Waals surface area contributed by atoms with Gasteiger partial charge in [-0.3, -0.25) is 9.59 Å². The first-order valence-electron chi connectivity index (χ1n) is 5.81. The van der Waals surface area contributed by atoms with Crippen LogP contribution in [0.2, 0.25) is 0 Å². The van der Waals surface area contributed by atoms with E-state index in [1.807, 2.05) is 25.3 Å². The number of nitrogens with two attached hydrogens (primary N) is 1. The summed E-state index contributed by atoms with van der Waals surface area (Å²) in [5, 5.41) is 5.16. The van der Waals surface area contributed by atoms with Gasteiger partial charge in [0.25, 0.3) is 11.8 Å². The highest BCUT2D eigenvalue weighted by molar-refractivity contribution is 7.17. The average molecular weight is 294 g/mol. The minimum absolute atomic E-state index is 0.207. The molecule has 0 aromatic carbocycles. The molecule has 2 aromatic heterocycles. The summed E-state index contributed by atoms with van der Waals surface area (Å²) in [5.74, 6) is -0.705. The molecule has 6 heteroatoms. The van der Waals surface area contributed by atoms with E-state index in [-0.39, 0.29) is 5.91 Å². The fourth-order valence-corrected chi connectivity index (χ4v) is 3.69. The van der Waals surface area contributed by atoms with Gasteiger partial charge in [0, 0.05) is 4.88 Å². The largest absolute Gasteiger partial charge is 0.365 e. The molecule has 3 N–H and O–H groups in total. The Bertz CT molecular complexity index is 615. The maximum atomic E-state index is 12.0. The zero-order valence-electron chi connectivity index (χ0n) is 10.6. The lowest BCUT2D eigenvalue weighted by Crippen LogP contribution is -2.17. The van der Waals surface area contributed by atoms with Gasteiger partial charge in [0.05, 0.1) is 10.4 Å². The van der Waals surface area contributed by atoms with Gasteiger partial charge in [-0.1, -0.05) is 13.0 Å². The van der Waals surface area contributed by atoms with Gasteiger partial charge in [-0.25, -0.2) is 0 Å². The minimum atomic E-state index is -0.498. The molecule has 100 valence electrons. The molecule has 0 atom stereocenters. The number of carbonyl (C=O) groups excluding carboxylic acids is 2. The minimum Gasteiger partial charge on any atom is -0.365 e. The molecule has 19 heavy (non-hydrogen) atoms. The molecular formula is C13H14N2O2S2. The zero-order valence-corrected chi connectivity index (χ0v) is 12.3. The molecule has 0 aliphatic rings. The van der Waals surface area contributed by atoms with Gasteiger partial charge in [0.15, 0.2) is 0 Å². The van der Waals surface area contributed by atoms with Gasteiger partial charge >= 0.3 is 0 Å². The van der Waals surface area contributed by atoms with Gasteiger partial charge in [-0.05, 0) is 30.4 Å². The van der Waals surface area contributed by atoms with Crippen molar-refractivity contribution in [1.29, 1.82) is 0 Å². The third kappa shape index (κ3) is 2.69. The molecule has 2 heterocycles. The van der Waals surface area contributed by atoms with Crippen LogP contribution in [0.1, 0.15) is 37.4 Å². The van der Waals surface area contributed by atoms with Crippen molar-refractivity contribution < 1.29 is 9.59 Å². The number of carbonyl (C=O) groups is 2. The van der Waals surface area contributed by atoms with Gasteiger partial charge in [0.1, 0.15) is 5.00 Å². The fraction of sp³-hybridized carbons (Fsp3) is 0.231. The number of aryl methyl sites for hydroxylation is 1. The van der Waals surface area contributed by atoms with Crippen molar-refractivity contribution in [2.24, 2.45) is 5.73 Å². The Hall–Kier alpha value is -1.66. The van der Waals surface area contributed by atoms with Crippen LogP contribution in [-0.2, 0) is 6.42 Å². The number of hydrogen-bond acceptors (Lipinski definition) is 4. The second-order valence-electron chi connectivity index (χ2n) is 3.99. The summed E-state index contributed by atoms with van der Waals surface area (Å²) in [6, 6.07) is 3.55. The van der Waals surface area contributed by atoms with Crippen LogP contribution >= 0.6 is 22.7 Å². The van der Waals surface area contributed by atoms with Crippen molar-refractivity contribution in [3.05, 3.63) is 38.4 Å². The standard InChI is InChI=1S/C13H14N2O2S2/c1-3-8-7(2)19-13(10(8)11(14)16)15-12(17)9-5-4-6-18-9/h4-6H,3H2,1-2H3,(H2,14,16)(H,15,17). The number of hydrogen-bond donors (Lipinski definition) is 2. The van der Waals surface area contributed by atoms with Crippen LogP contribution < -0.4 is 11.1 Å². The number of anilines is 1. The Morgan fingerprint density at radius 2 is 2.16 bits per heavy atom. The molecule has 0 spiro atoms. The molecule has 4 nitrogen and oxygen atoms in total. The van der Waals surface area contributed by atoms with Crippen LogP contribution in [0.3, 0.4) is 0 Å². The maximum Gasteiger partial charge on any atom is 0.266 e. The van der Waals surface area contributed by atoms with Crippen molar-refractivity contribution in [2.75, 3.05) is 5.32 Å². The molecule has 0 unspecified atom stereocenters. The van der Waals surface area contributed by atoms with Crippen LogP contribution in [0.25, 0.3) is 0 Å². The van der Waals surface area contributed by atoms with E-state index in [0.29, 0.717) is 15.4 Å². The van der Waals surface area contributed by atoms with Crippen molar-refractivity contribution in [3.8, 4) is 0 Å². The van der Waals surface area contributed by atoms with Crippen LogP contribution in [0, 0.1) is 6.92 Å². The summed E-state index contributed by atoms with van der Waals surface area (Å²) in [7, 11) is 0. The first kappa shape index (κ1) is 13.8. The zero-order chi connectivity index (χ0) is 14.0. The van der Waals surface area contributed by atoms with Gasteiger partial charge in [0.2, 0.25) is 0 Å². The lowest BCUT2D eigenvalue weighted by atomic mass is 10.1. The summed E-state index contributed by atoms with van der Waals surface area (Å²) in [6.45, 7) is 3.89. The third-order valence-corrected chi connectivity index (χ3v) is 4.71. The topological polar surface area (TPSA) is 72.2 Å². The van der Waals surface area contributed by atoms with E-state index >= 15 is 0 Å². The van der Waals surface area contributed by atoms with Crippen LogP contribution in [0.4, 0.5) is 5.00 Å². The predicted molar refractivity (Wildman–Crippen MR) is 79.2 cm³/mol. The molecule has 0 fully saturated rings. The lowest BCUT2D eigenvalue weighted by Gasteiger charge is -2.04. The Labute approximate surface area is 119 Å². The highest BCUT2D eigenvalue weighted by Gasteiger charge is 2.21. The van der Waals surface area contributed by atoms with Crippen LogP contribution in [0.15, 0.2) is 17.5 Å². The van der Waals surface area contributed by atoms with E-state index in [1.54, 1.807) is 6.07 Å². The van der Waals surface area contributed by atoms with Crippen molar-refractivity contribution in [2.45, 2.75) is 20.3 Å². The van der Waals surface area contributed by atoms with E-state index < -0.39 is 5.91 Å². The molecular weight excluding hydrogens is 280 g/mol. The number of nitrogens with one attached hydrogen (secondary N) is 1. The van der Waals surface area contributed by atoms with Gasteiger partial charge < -0.3 is 11.1 Å². The summed E-state index contributed by atoms with van der Waals surface area (Å²) < 4.78 is 0.